The van der Waals surface area contributed by atoms with Crippen LogP contribution in [0.1, 0.15) is 30.3 Å². The van der Waals surface area contributed by atoms with E-state index in [1.165, 1.54) is 0 Å². The molecule has 0 spiro atoms. The Labute approximate surface area is 185 Å². The predicted molar refractivity (Wildman–Crippen MR) is 116 cm³/mol. The topological polar surface area (TPSA) is 58.3 Å². The van der Waals surface area contributed by atoms with E-state index in [0.29, 0.717) is 53.2 Å². The van der Waals surface area contributed by atoms with Crippen molar-refractivity contribution in [2.24, 2.45) is 5.10 Å². The standard InChI is InChI=1S/C22H19Cl2N3O3/c23-16-3-1-14(2-4-16)21-25-27(13-29-21)18-7-9-26(10-8-18)22(28)20-12-15-11-17(24)5-6-19(15)30-20/h1-6,11-12,18H,7-10,13H2/i13D. The molecule has 0 aliphatic carbocycles. The van der Waals surface area contributed by atoms with Crippen molar-refractivity contribution in [3.8, 4) is 0 Å². The van der Waals surface area contributed by atoms with E-state index in [2.05, 4.69) is 5.10 Å². The minimum Gasteiger partial charge on any atom is -0.453 e. The van der Waals surface area contributed by atoms with Crippen LogP contribution in [0.2, 0.25) is 10.0 Å². The third-order valence-corrected chi connectivity index (χ3v) is 5.87. The summed E-state index contributed by atoms with van der Waals surface area (Å²) < 4.78 is 19.6. The molecule has 3 aromatic rings. The molecule has 0 bridgehead atoms. The van der Waals surface area contributed by atoms with Gasteiger partial charge in [-0.15, -0.1) is 5.10 Å². The van der Waals surface area contributed by atoms with Gasteiger partial charge in [0.25, 0.3) is 5.91 Å². The van der Waals surface area contributed by atoms with Crippen molar-refractivity contribution in [1.29, 1.82) is 0 Å². The molecule has 2 aromatic carbocycles. The van der Waals surface area contributed by atoms with Crippen LogP contribution in [0.4, 0.5) is 0 Å². The first-order chi connectivity index (χ1) is 15.0. The van der Waals surface area contributed by atoms with Crippen LogP contribution < -0.4 is 0 Å². The van der Waals surface area contributed by atoms with Crippen LogP contribution >= 0.6 is 23.2 Å². The lowest BCUT2D eigenvalue weighted by molar-refractivity contribution is 0.0515. The Hall–Kier alpha value is -2.70. The summed E-state index contributed by atoms with van der Waals surface area (Å²) in [6.07, 6.45) is 1.38. The zero-order valence-corrected chi connectivity index (χ0v) is 17.4. The van der Waals surface area contributed by atoms with Crippen molar-refractivity contribution >= 4 is 46.0 Å². The second-order valence-corrected chi connectivity index (χ2v) is 8.20. The second-order valence-electron chi connectivity index (χ2n) is 7.33. The third kappa shape index (κ3) is 3.73. The van der Waals surface area contributed by atoms with Crippen LogP contribution in [0.5, 0.6) is 0 Å². The lowest BCUT2D eigenvalue weighted by atomic mass is 10.0. The van der Waals surface area contributed by atoms with E-state index in [0.717, 1.165) is 10.9 Å². The fraction of sp³-hybridized carbons (Fsp3) is 0.273. The Morgan fingerprint density at radius 3 is 2.57 bits per heavy atom. The summed E-state index contributed by atoms with van der Waals surface area (Å²) in [5.74, 6) is 0.578. The van der Waals surface area contributed by atoms with Crippen molar-refractivity contribution in [1.82, 2.24) is 9.91 Å². The number of carbonyl (C=O) groups is 1. The van der Waals surface area contributed by atoms with Crippen LogP contribution in [0, 0.1) is 0 Å². The number of piperidine rings is 1. The van der Waals surface area contributed by atoms with Crippen molar-refractivity contribution < 1.29 is 15.3 Å². The summed E-state index contributed by atoms with van der Waals surface area (Å²) in [5.41, 5.74) is 1.42. The maximum atomic E-state index is 12.9. The van der Waals surface area contributed by atoms with Crippen LogP contribution in [0.3, 0.4) is 0 Å². The summed E-state index contributed by atoms with van der Waals surface area (Å²) in [4.78, 5) is 14.7. The average Bonchev–Trinajstić information content (AvgIpc) is 3.37. The number of fused-ring (bicyclic) bond motifs is 1. The fourth-order valence-electron chi connectivity index (χ4n) is 3.75. The molecule has 1 saturated heterocycles. The van der Waals surface area contributed by atoms with Crippen LogP contribution in [-0.2, 0) is 4.74 Å². The fourth-order valence-corrected chi connectivity index (χ4v) is 4.06. The number of hydrogen-bond donors (Lipinski definition) is 0. The quantitative estimate of drug-likeness (QED) is 0.570. The Morgan fingerprint density at radius 1 is 1.07 bits per heavy atom. The van der Waals surface area contributed by atoms with E-state index in [9.17, 15) is 4.79 Å². The third-order valence-electron chi connectivity index (χ3n) is 5.38. The summed E-state index contributed by atoms with van der Waals surface area (Å²) in [6, 6.07) is 14.2. The zero-order chi connectivity index (χ0) is 21.5. The number of likely N-dealkylation sites (tertiary alicyclic amines) is 1. The summed E-state index contributed by atoms with van der Waals surface area (Å²) in [6.45, 7) is 0.199. The maximum Gasteiger partial charge on any atom is 0.289 e. The van der Waals surface area contributed by atoms with E-state index in [1.54, 1.807) is 46.3 Å². The molecule has 2 aliphatic heterocycles. The number of ether oxygens (including phenoxy) is 1. The molecule has 6 nitrogen and oxygen atoms in total. The summed E-state index contributed by atoms with van der Waals surface area (Å²) >= 11 is 12.0. The highest BCUT2D eigenvalue weighted by molar-refractivity contribution is 6.31. The average molecular weight is 445 g/mol. The van der Waals surface area contributed by atoms with Crippen molar-refractivity contribution in [2.45, 2.75) is 18.9 Å². The smallest absolute Gasteiger partial charge is 0.289 e. The molecule has 3 heterocycles. The zero-order valence-electron chi connectivity index (χ0n) is 16.9. The van der Waals surface area contributed by atoms with Crippen LogP contribution in [0.15, 0.2) is 58.0 Å². The number of benzene rings is 2. The highest BCUT2D eigenvalue weighted by Gasteiger charge is 2.31. The molecule has 30 heavy (non-hydrogen) atoms. The van der Waals surface area contributed by atoms with Gasteiger partial charge in [-0.2, -0.15) is 0 Å². The Morgan fingerprint density at radius 2 is 1.80 bits per heavy atom. The largest absolute Gasteiger partial charge is 0.453 e. The first-order valence-corrected chi connectivity index (χ1v) is 10.4. The minimum atomic E-state index is -0.905. The van der Waals surface area contributed by atoms with Crippen LogP contribution in [-0.4, -0.2) is 47.6 Å². The Bertz CT molecular complexity index is 1160. The molecule has 1 unspecified atom stereocenters. The number of amides is 1. The van der Waals surface area contributed by atoms with E-state index >= 15 is 0 Å². The number of halogens is 2. The SMILES string of the molecule is [2H]C1OC(c2ccc(Cl)cc2)=NN1C1CCN(C(=O)c2cc3cc(Cl)ccc3o2)CC1. The molecule has 2 aliphatic rings. The van der Waals surface area contributed by atoms with Gasteiger partial charge in [-0.1, -0.05) is 23.2 Å². The molecule has 154 valence electrons. The number of nitrogens with zero attached hydrogens (tertiary/aromatic N) is 3. The van der Waals surface area contributed by atoms with E-state index in [4.69, 9.17) is 33.7 Å². The summed E-state index contributed by atoms with van der Waals surface area (Å²) in [5, 5.41) is 8.23. The first-order valence-electron chi connectivity index (χ1n) is 10.3. The van der Waals surface area contributed by atoms with Gasteiger partial charge in [0.15, 0.2) is 12.5 Å². The molecule has 0 radical (unpaired) electrons. The van der Waals surface area contributed by atoms with Gasteiger partial charge < -0.3 is 14.1 Å². The van der Waals surface area contributed by atoms with Crippen LogP contribution in [0.25, 0.3) is 11.0 Å². The van der Waals surface area contributed by atoms with Gasteiger partial charge in [0.05, 0.1) is 7.41 Å². The van der Waals surface area contributed by atoms with Gasteiger partial charge in [-0.25, -0.2) is 0 Å². The van der Waals surface area contributed by atoms with Crippen molar-refractivity contribution in [2.75, 3.05) is 19.8 Å². The predicted octanol–water partition coefficient (Wildman–Crippen LogP) is 5.00. The van der Waals surface area contributed by atoms with Gasteiger partial charge in [-0.3, -0.25) is 9.80 Å². The molecule has 1 amide bonds. The Kier molecular flexibility index (Phi) is 4.74. The molecule has 1 atom stereocenters. The van der Waals surface area contributed by atoms with Crippen molar-refractivity contribution in [3.63, 3.8) is 0 Å². The number of furan rings is 1. The van der Waals surface area contributed by atoms with Gasteiger partial charge in [0, 0.05) is 34.1 Å². The molecular weight excluding hydrogens is 425 g/mol. The highest BCUT2D eigenvalue weighted by atomic mass is 35.5. The summed E-state index contributed by atoms with van der Waals surface area (Å²) in [7, 11) is 0. The first kappa shape index (κ1) is 18.1. The molecular formula is C22H19Cl2N3O3. The normalized spacial score (nSPS) is 20.3. The lowest BCUT2D eigenvalue weighted by Gasteiger charge is -2.34. The molecule has 1 fully saturated rings. The second kappa shape index (κ2) is 7.85. The Balaban J connectivity index is 1.25. The van der Waals surface area contributed by atoms with Gasteiger partial charge in [-0.05, 0) is 61.4 Å². The molecule has 0 saturated carbocycles. The lowest BCUT2D eigenvalue weighted by Crippen LogP contribution is -2.44. The molecule has 8 heteroatoms. The van der Waals surface area contributed by atoms with Gasteiger partial charge >= 0.3 is 0 Å². The van der Waals surface area contributed by atoms with E-state index in [1.807, 2.05) is 12.1 Å². The number of rotatable bonds is 3. The number of hydrogen-bond acceptors (Lipinski definition) is 5. The number of carbonyl (C=O) groups excluding carboxylic acids is 1. The maximum absolute atomic E-state index is 12.9. The molecule has 1 aromatic heterocycles. The monoisotopic (exact) mass is 444 g/mol. The van der Waals surface area contributed by atoms with Crippen molar-refractivity contribution in [3.05, 3.63) is 69.9 Å². The molecule has 0 N–H and O–H groups in total. The highest BCUT2D eigenvalue weighted by Crippen LogP contribution is 2.26. The minimum absolute atomic E-state index is 0.0193. The number of hydrazone groups is 1. The molecule has 5 rings (SSSR count). The van der Waals surface area contributed by atoms with Gasteiger partial charge in [0.2, 0.25) is 5.90 Å². The van der Waals surface area contributed by atoms with E-state index < -0.39 is 6.71 Å². The van der Waals surface area contributed by atoms with Gasteiger partial charge in [0.1, 0.15) is 5.58 Å². The van der Waals surface area contributed by atoms with E-state index in [-0.39, 0.29) is 11.9 Å².